The van der Waals surface area contributed by atoms with Gasteiger partial charge in [0.2, 0.25) is 5.78 Å². The number of halogens is 1. The molecule has 33 heavy (non-hydrogen) atoms. The summed E-state index contributed by atoms with van der Waals surface area (Å²) in [6, 6.07) is 21.0. The molecular formula is C27H25ClN2O3. The fourth-order valence-corrected chi connectivity index (χ4v) is 4.57. The van der Waals surface area contributed by atoms with Crippen LogP contribution in [-0.4, -0.2) is 46.9 Å². The molecule has 0 radical (unpaired) electrons. The Morgan fingerprint density at radius 3 is 2.36 bits per heavy atom. The van der Waals surface area contributed by atoms with Crippen molar-refractivity contribution in [3.05, 3.63) is 99.8 Å². The Hall–Kier alpha value is -3.12. The molecule has 168 valence electrons. The highest BCUT2D eigenvalue weighted by molar-refractivity contribution is 6.30. The summed E-state index contributed by atoms with van der Waals surface area (Å²) >= 11 is 6.07. The second kappa shape index (κ2) is 9.40. The number of aromatic hydroxyl groups is 1. The molecule has 0 unspecified atom stereocenters. The molecule has 1 fully saturated rings. The summed E-state index contributed by atoms with van der Waals surface area (Å²) < 4.78 is 5.99. The van der Waals surface area contributed by atoms with Crippen LogP contribution in [0.25, 0.3) is 6.08 Å². The normalized spacial score (nSPS) is 17.8. The summed E-state index contributed by atoms with van der Waals surface area (Å²) in [7, 11) is 0. The summed E-state index contributed by atoms with van der Waals surface area (Å²) in [5.41, 5.74) is 3.25. The van der Waals surface area contributed by atoms with Crippen molar-refractivity contribution in [3.8, 4) is 11.5 Å². The molecule has 0 atom stereocenters. The van der Waals surface area contributed by atoms with E-state index in [1.165, 1.54) is 5.56 Å². The Morgan fingerprint density at radius 1 is 0.909 bits per heavy atom. The first-order valence-corrected chi connectivity index (χ1v) is 11.5. The molecule has 3 aromatic rings. The lowest BCUT2D eigenvalue weighted by Gasteiger charge is -2.35. The number of ketones is 1. The minimum absolute atomic E-state index is 0.150. The molecule has 2 aliphatic heterocycles. The van der Waals surface area contributed by atoms with Crippen molar-refractivity contribution in [1.29, 1.82) is 0 Å². The maximum absolute atomic E-state index is 12.9. The summed E-state index contributed by atoms with van der Waals surface area (Å²) in [5.74, 6) is 0.669. The van der Waals surface area contributed by atoms with E-state index in [-0.39, 0.29) is 17.3 Å². The first kappa shape index (κ1) is 21.7. The van der Waals surface area contributed by atoms with Gasteiger partial charge in [-0.3, -0.25) is 14.6 Å². The van der Waals surface area contributed by atoms with Crippen molar-refractivity contribution in [2.24, 2.45) is 0 Å². The molecule has 3 aromatic carbocycles. The lowest BCUT2D eigenvalue weighted by molar-refractivity contribution is 0.101. The van der Waals surface area contributed by atoms with Crippen LogP contribution in [0.5, 0.6) is 11.5 Å². The first-order chi connectivity index (χ1) is 16.1. The summed E-state index contributed by atoms with van der Waals surface area (Å²) in [4.78, 5) is 17.7. The number of carbonyl (C=O) groups excluding carboxylic acids is 1. The monoisotopic (exact) mass is 460 g/mol. The molecular weight excluding hydrogens is 436 g/mol. The van der Waals surface area contributed by atoms with Crippen LogP contribution >= 0.6 is 11.6 Å². The Morgan fingerprint density at radius 2 is 1.64 bits per heavy atom. The van der Waals surface area contributed by atoms with Gasteiger partial charge < -0.3 is 9.84 Å². The largest absolute Gasteiger partial charge is 0.507 e. The lowest BCUT2D eigenvalue weighted by Crippen LogP contribution is -2.45. The molecule has 0 amide bonds. The van der Waals surface area contributed by atoms with Crippen LogP contribution in [0.15, 0.2) is 72.5 Å². The van der Waals surface area contributed by atoms with E-state index >= 15 is 0 Å². The minimum Gasteiger partial charge on any atom is -0.507 e. The van der Waals surface area contributed by atoms with Crippen LogP contribution < -0.4 is 4.74 Å². The van der Waals surface area contributed by atoms with E-state index in [9.17, 15) is 9.90 Å². The maximum atomic E-state index is 12.9. The molecule has 5 nitrogen and oxygen atoms in total. The Kier molecular flexibility index (Phi) is 6.18. The molecule has 0 bridgehead atoms. The molecule has 1 N–H and O–H groups in total. The molecule has 0 spiro atoms. The smallest absolute Gasteiger partial charge is 0.231 e. The lowest BCUT2D eigenvalue weighted by atomic mass is 10.0. The predicted octanol–water partition coefficient (Wildman–Crippen LogP) is 4.98. The number of carbonyl (C=O) groups is 1. The van der Waals surface area contributed by atoms with Gasteiger partial charge in [-0.25, -0.2) is 0 Å². The quantitative estimate of drug-likeness (QED) is 0.544. The van der Waals surface area contributed by atoms with Crippen molar-refractivity contribution in [2.75, 3.05) is 26.2 Å². The second-order valence-electron chi connectivity index (χ2n) is 8.47. The van der Waals surface area contributed by atoms with Crippen molar-refractivity contribution in [1.82, 2.24) is 9.80 Å². The third-order valence-electron chi connectivity index (χ3n) is 6.16. The van der Waals surface area contributed by atoms with Crippen molar-refractivity contribution in [2.45, 2.75) is 13.1 Å². The number of fused-ring (bicyclic) bond motifs is 1. The molecule has 2 heterocycles. The number of rotatable bonds is 5. The van der Waals surface area contributed by atoms with Crippen LogP contribution in [0, 0.1) is 0 Å². The van der Waals surface area contributed by atoms with Crippen LogP contribution in [-0.2, 0) is 13.1 Å². The minimum atomic E-state index is -0.182. The zero-order valence-electron chi connectivity index (χ0n) is 18.2. The zero-order chi connectivity index (χ0) is 22.8. The Balaban J connectivity index is 1.29. The number of allylic oxidation sites excluding steroid dienone is 1. The summed E-state index contributed by atoms with van der Waals surface area (Å²) in [5, 5.41) is 11.2. The highest BCUT2D eigenvalue weighted by Crippen LogP contribution is 2.40. The van der Waals surface area contributed by atoms with E-state index in [1.807, 2.05) is 18.2 Å². The number of benzene rings is 3. The third kappa shape index (κ3) is 4.81. The van der Waals surface area contributed by atoms with Gasteiger partial charge in [0, 0.05) is 44.3 Å². The number of hydrogen-bond donors (Lipinski definition) is 1. The van der Waals surface area contributed by atoms with E-state index in [0.717, 1.165) is 38.3 Å². The number of piperazine rings is 1. The molecule has 0 saturated carbocycles. The van der Waals surface area contributed by atoms with Gasteiger partial charge in [-0.15, -0.1) is 0 Å². The number of phenols is 1. The second-order valence-corrected chi connectivity index (χ2v) is 8.91. The van der Waals surface area contributed by atoms with Gasteiger partial charge in [0.25, 0.3) is 0 Å². The topological polar surface area (TPSA) is 53.0 Å². The van der Waals surface area contributed by atoms with Crippen LogP contribution in [0.4, 0.5) is 0 Å². The number of Topliss-reactive ketones (excluding diaryl/α,β-unsaturated/α-hetero) is 1. The standard InChI is InChI=1S/C27H25ClN2O3/c28-21-8-4-7-20(15-21)16-25-26(32)22-9-10-24(31)23(27(22)33-25)18-30-13-11-29(12-14-30)17-19-5-2-1-3-6-19/h1-10,15-16,31H,11-14,17-18H2/b25-16-. The fourth-order valence-electron chi connectivity index (χ4n) is 4.37. The zero-order valence-corrected chi connectivity index (χ0v) is 19.0. The van der Waals surface area contributed by atoms with Gasteiger partial charge in [-0.2, -0.15) is 0 Å². The van der Waals surface area contributed by atoms with Gasteiger partial charge in [0.1, 0.15) is 11.5 Å². The molecule has 0 aromatic heterocycles. The molecule has 2 aliphatic rings. The third-order valence-corrected chi connectivity index (χ3v) is 6.39. The molecule has 5 rings (SSSR count). The van der Waals surface area contributed by atoms with Crippen molar-refractivity contribution >= 4 is 23.5 Å². The number of phenolic OH excluding ortho intramolecular Hbond substituents is 1. The van der Waals surface area contributed by atoms with Crippen LogP contribution in [0.1, 0.15) is 27.0 Å². The van der Waals surface area contributed by atoms with E-state index in [4.69, 9.17) is 16.3 Å². The van der Waals surface area contributed by atoms with E-state index < -0.39 is 0 Å². The van der Waals surface area contributed by atoms with Crippen LogP contribution in [0.2, 0.25) is 5.02 Å². The predicted molar refractivity (Wildman–Crippen MR) is 129 cm³/mol. The van der Waals surface area contributed by atoms with Gasteiger partial charge in [0.05, 0.1) is 11.1 Å². The fraction of sp³-hybridized carbons (Fsp3) is 0.222. The average molecular weight is 461 g/mol. The first-order valence-electron chi connectivity index (χ1n) is 11.1. The van der Waals surface area contributed by atoms with Crippen LogP contribution in [0.3, 0.4) is 0 Å². The van der Waals surface area contributed by atoms with Gasteiger partial charge >= 0.3 is 0 Å². The Labute approximate surface area is 198 Å². The van der Waals surface area contributed by atoms with Gasteiger partial charge in [-0.05, 0) is 41.5 Å². The van der Waals surface area contributed by atoms with Gasteiger partial charge in [-0.1, -0.05) is 54.1 Å². The summed E-state index contributed by atoms with van der Waals surface area (Å²) in [6.07, 6.45) is 1.69. The number of hydrogen-bond acceptors (Lipinski definition) is 5. The number of nitrogens with zero attached hydrogens (tertiary/aromatic N) is 2. The summed E-state index contributed by atoms with van der Waals surface area (Å²) in [6.45, 7) is 5.14. The Bertz CT molecular complexity index is 1200. The van der Waals surface area contributed by atoms with E-state index in [0.29, 0.717) is 28.4 Å². The highest BCUT2D eigenvalue weighted by atomic mass is 35.5. The average Bonchev–Trinajstić information content (AvgIpc) is 3.13. The van der Waals surface area contributed by atoms with E-state index in [1.54, 1.807) is 30.3 Å². The van der Waals surface area contributed by atoms with Crippen molar-refractivity contribution < 1.29 is 14.6 Å². The SMILES string of the molecule is O=C1/C(=C/c2cccc(Cl)c2)Oc2c1ccc(O)c2CN1CCN(Cc2ccccc2)CC1. The van der Waals surface area contributed by atoms with Gasteiger partial charge in [0.15, 0.2) is 5.76 Å². The maximum Gasteiger partial charge on any atom is 0.231 e. The highest BCUT2D eigenvalue weighted by Gasteiger charge is 2.32. The van der Waals surface area contributed by atoms with Crippen molar-refractivity contribution in [3.63, 3.8) is 0 Å². The van der Waals surface area contributed by atoms with E-state index in [2.05, 4.69) is 34.1 Å². The molecule has 6 heteroatoms. The number of ether oxygens (including phenoxy) is 1. The molecule has 0 aliphatic carbocycles. The molecule has 1 saturated heterocycles.